The quantitative estimate of drug-likeness (QED) is 0.432. The van der Waals surface area contributed by atoms with Gasteiger partial charge in [0.2, 0.25) is 0 Å². The average molecular weight is 212 g/mol. The minimum Gasteiger partial charge on any atom is -0.0654 e. The Hall–Kier alpha value is 0. The Bertz CT molecular complexity index is 126. The summed E-state index contributed by atoms with van der Waals surface area (Å²) in [5.41, 5.74) is 0. The summed E-state index contributed by atoms with van der Waals surface area (Å²) in [5, 5.41) is 0. The third kappa shape index (κ3) is 8.96. The van der Waals surface area contributed by atoms with Crippen molar-refractivity contribution < 1.29 is 0 Å². The van der Waals surface area contributed by atoms with E-state index in [0.717, 1.165) is 17.8 Å². The standard InChI is InChI=1S/C15H32/c1-6-7-8-11-14(4)15(5)12-9-10-13(2)3/h13-15H,6-12H2,1-5H3. The Morgan fingerprint density at radius 2 is 1.20 bits per heavy atom. The molecule has 0 nitrogen and oxygen atoms in total. The average Bonchev–Trinajstić information content (AvgIpc) is 2.17. The monoisotopic (exact) mass is 212 g/mol. The van der Waals surface area contributed by atoms with Crippen LogP contribution in [0.15, 0.2) is 0 Å². The lowest BCUT2D eigenvalue weighted by molar-refractivity contribution is 0.319. The second-order valence-corrected chi connectivity index (χ2v) is 5.78. The van der Waals surface area contributed by atoms with E-state index in [1.165, 1.54) is 44.9 Å². The van der Waals surface area contributed by atoms with E-state index in [2.05, 4.69) is 34.6 Å². The van der Waals surface area contributed by atoms with E-state index in [1.807, 2.05) is 0 Å². The van der Waals surface area contributed by atoms with Gasteiger partial charge >= 0.3 is 0 Å². The summed E-state index contributed by atoms with van der Waals surface area (Å²) in [5.74, 6) is 2.75. The predicted octanol–water partition coefficient (Wildman–Crippen LogP) is 5.67. The molecule has 2 atom stereocenters. The second kappa shape index (κ2) is 9.24. The number of rotatable bonds is 9. The van der Waals surface area contributed by atoms with Gasteiger partial charge in [0.05, 0.1) is 0 Å². The summed E-state index contributed by atoms with van der Waals surface area (Å²) < 4.78 is 0. The van der Waals surface area contributed by atoms with E-state index in [4.69, 9.17) is 0 Å². The topological polar surface area (TPSA) is 0 Å². The summed E-state index contributed by atoms with van der Waals surface area (Å²) in [6.07, 6.45) is 9.93. The van der Waals surface area contributed by atoms with E-state index < -0.39 is 0 Å². The third-order valence-corrected chi connectivity index (χ3v) is 3.68. The van der Waals surface area contributed by atoms with Crippen LogP contribution in [0.4, 0.5) is 0 Å². The van der Waals surface area contributed by atoms with Crippen molar-refractivity contribution in [1.82, 2.24) is 0 Å². The fraction of sp³-hybridized carbons (Fsp3) is 1.00. The van der Waals surface area contributed by atoms with Crippen LogP contribution in [0.3, 0.4) is 0 Å². The van der Waals surface area contributed by atoms with Crippen molar-refractivity contribution in [3.8, 4) is 0 Å². The highest BCUT2D eigenvalue weighted by atomic mass is 14.2. The van der Waals surface area contributed by atoms with Crippen molar-refractivity contribution in [3.63, 3.8) is 0 Å². The van der Waals surface area contributed by atoms with Crippen molar-refractivity contribution in [2.75, 3.05) is 0 Å². The molecule has 0 N–H and O–H groups in total. The normalized spacial score (nSPS) is 15.6. The van der Waals surface area contributed by atoms with Gasteiger partial charge in [-0.2, -0.15) is 0 Å². The van der Waals surface area contributed by atoms with Gasteiger partial charge in [0.1, 0.15) is 0 Å². The summed E-state index contributed by atoms with van der Waals surface area (Å²) in [6.45, 7) is 11.8. The molecule has 0 aromatic rings. The first-order valence-electron chi connectivity index (χ1n) is 7.07. The highest BCUT2D eigenvalue weighted by molar-refractivity contribution is 4.63. The van der Waals surface area contributed by atoms with Crippen LogP contribution < -0.4 is 0 Å². The molecule has 0 bridgehead atoms. The van der Waals surface area contributed by atoms with E-state index >= 15 is 0 Å². The lowest BCUT2D eigenvalue weighted by Crippen LogP contribution is -2.08. The lowest BCUT2D eigenvalue weighted by Gasteiger charge is -2.20. The van der Waals surface area contributed by atoms with Crippen LogP contribution in [-0.2, 0) is 0 Å². The van der Waals surface area contributed by atoms with E-state index in [-0.39, 0.29) is 0 Å². The Morgan fingerprint density at radius 1 is 0.667 bits per heavy atom. The molecule has 0 fully saturated rings. The minimum atomic E-state index is 0.882. The molecule has 0 radical (unpaired) electrons. The lowest BCUT2D eigenvalue weighted by atomic mass is 9.86. The zero-order valence-corrected chi connectivity index (χ0v) is 11.7. The Labute approximate surface area is 97.8 Å². The van der Waals surface area contributed by atoms with Crippen LogP contribution in [0.5, 0.6) is 0 Å². The molecule has 0 heteroatoms. The molecule has 0 amide bonds. The van der Waals surface area contributed by atoms with Gasteiger partial charge in [-0.15, -0.1) is 0 Å². The Morgan fingerprint density at radius 3 is 1.67 bits per heavy atom. The van der Waals surface area contributed by atoms with E-state index in [1.54, 1.807) is 0 Å². The molecule has 15 heavy (non-hydrogen) atoms. The first-order valence-corrected chi connectivity index (χ1v) is 7.07. The highest BCUT2D eigenvalue weighted by Gasteiger charge is 2.11. The first-order chi connectivity index (χ1) is 7.07. The number of hydrogen-bond donors (Lipinski definition) is 0. The first kappa shape index (κ1) is 15.0. The van der Waals surface area contributed by atoms with E-state index in [9.17, 15) is 0 Å². The molecule has 0 saturated carbocycles. The summed E-state index contributed by atoms with van der Waals surface area (Å²) >= 11 is 0. The van der Waals surface area contributed by atoms with Gasteiger partial charge in [-0.3, -0.25) is 0 Å². The molecular weight excluding hydrogens is 180 g/mol. The van der Waals surface area contributed by atoms with Gasteiger partial charge in [0.15, 0.2) is 0 Å². The molecule has 0 heterocycles. The third-order valence-electron chi connectivity index (χ3n) is 3.68. The van der Waals surface area contributed by atoms with Crippen LogP contribution in [0, 0.1) is 17.8 Å². The van der Waals surface area contributed by atoms with Crippen molar-refractivity contribution in [1.29, 1.82) is 0 Å². The fourth-order valence-corrected chi connectivity index (χ4v) is 2.13. The maximum atomic E-state index is 2.44. The Kier molecular flexibility index (Phi) is 9.24. The molecule has 0 aliphatic heterocycles. The molecule has 0 saturated heterocycles. The number of hydrogen-bond acceptors (Lipinski definition) is 0. The van der Waals surface area contributed by atoms with Crippen LogP contribution >= 0.6 is 0 Å². The molecular formula is C15H32. The smallest absolute Gasteiger partial charge is 0.0417 e. The van der Waals surface area contributed by atoms with Crippen molar-refractivity contribution in [2.24, 2.45) is 17.8 Å². The van der Waals surface area contributed by atoms with Crippen LogP contribution in [-0.4, -0.2) is 0 Å². The van der Waals surface area contributed by atoms with Gasteiger partial charge in [0, 0.05) is 0 Å². The minimum absolute atomic E-state index is 0.882. The molecule has 0 aromatic carbocycles. The van der Waals surface area contributed by atoms with Gasteiger partial charge in [-0.25, -0.2) is 0 Å². The largest absolute Gasteiger partial charge is 0.0654 e. The van der Waals surface area contributed by atoms with Crippen molar-refractivity contribution in [2.45, 2.75) is 79.6 Å². The van der Waals surface area contributed by atoms with Crippen LogP contribution in [0.2, 0.25) is 0 Å². The molecule has 0 aliphatic rings. The van der Waals surface area contributed by atoms with Crippen molar-refractivity contribution >= 4 is 0 Å². The van der Waals surface area contributed by atoms with Crippen LogP contribution in [0.25, 0.3) is 0 Å². The van der Waals surface area contributed by atoms with Crippen molar-refractivity contribution in [3.05, 3.63) is 0 Å². The molecule has 0 aliphatic carbocycles. The summed E-state index contributed by atoms with van der Waals surface area (Å²) in [6, 6.07) is 0. The van der Waals surface area contributed by atoms with Gasteiger partial charge in [-0.05, 0) is 17.8 Å². The van der Waals surface area contributed by atoms with Gasteiger partial charge in [0.25, 0.3) is 0 Å². The zero-order chi connectivity index (χ0) is 11.7. The van der Waals surface area contributed by atoms with Gasteiger partial charge in [-0.1, -0.05) is 79.6 Å². The summed E-state index contributed by atoms with van der Waals surface area (Å²) in [4.78, 5) is 0. The molecule has 0 aromatic heterocycles. The SMILES string of the molecule is CCCCCC(C)C(C)CCCC(C)C. The Balaban J connectivity index is 3.46. The molecule has 0 spiro atoms. The fourth-order valence-electron chi connectivity index (χ4n) is 2.13. The molecule has 0 rings (SSSR count). The second-order valence-electron chi connectivity index (χ2n) is 5.78. The maximum absolute atomic E-state index is 2.44. The molecule has 92 valence electrons. The predicted molar refractivity (Wildman–Crippen MR) is 71.2 cm³/mol. The van der Waals surface area contributed by atoms with Crippen LogP contribution in [0.1, 0.15) is 79.6 Å². The van der Waals surface area contributed by atoms with E-state index in [0.29, 0.717) is 0 Å². The number of unbranched alkanes of at least 4 members (excludes halogenated alkanes) is 2. The molecule has 2 unspecified atom stereocenters. The van der Waals surface area contributed by atoms with Gasteiger partial charge < -0.3 is 0 Å². The summed E-state index contributed by atoms with van der Waals surface area (Å²) in [7, 11) is 0. The highest BCUT2D eigenvalue weighted by Crippen LogP contribution is 2.23. The zero-order valence-electron chi connectivity index (χ0n) is 11.7. The maximum Gasteiger partial charge on any atom is -0.0417 e.